The maximum absolute atomic E-state index is 12.2. The molecule has 0 spiro atoms. The average Bonchev–Trinajstić information content (AvgIpc) is 2.78. The molecule has 2 aromatic rings. The second-order valence-corrected chi connectivity index (χ2v) is 6.21. The Balaban J connectivity index is 2.08. The highest BCUT2D eigenvalue weighted by atomic mass is 32.1. The maximum Gasteiger partial charge on any atom is 0.269 e. The van der Waals surface area contributed by atoms with Crippen molar-refractivity contribution in [3.05, 3.63) is 28.9 Å². The molecule has 2 rings (SSSR count). The second-order valence-electron chi connectivity index (χ2n) is 5.21. The number of aromatic nitrogens is 2. The van der Waals surface area contributed by atoms with Crippen LogP contribution in [0.2, 0.25) is 0 Å². The van der Waals surface area contributed by atoms with Crippen molar-refractivity contribution in [2.75, 3.05) is 22.9 Å². The molecule has 0 radical (unpaired) electrons. The molecule has 0 unspecified atom stereocenters. The third-order valence-corrected chi connectivity index (χ3v) is 3.68. The van der Waals surface area contributed by atoms with Gasteiger partial charge in [-0.2, -0.15) is 0 Å². The molecule has 0 saturated heterocycles. The summed E-state index contributed by atoms with van der Waals surface area (Å²) in [6, 6.07) is 1.85. The highest BCUT2D eigenvalue weighted by molar-refractivity contribution is 7.18. The van der Waals surface area contributed by atoms with Crippen molar-refractivity contribution in [1.82, 2.24) is 9.97 Å². The number of anilines is 3. The van der Waals surface area contributed by atoms with Crippen LogP contribution < -0.4 is 16.4 Å². The lowest BCUT2D eigenvalue weighted by atomic mass is 10.2. The third kappa shape index (κ3) is 4.16. The van der Waals surface area contributed by atoms with Crippen molar-refractivity contribution >= 4 is 33.9 Å². The van der Waals surface area contributed by atoms with E-state index in [2.05, 4.69) is 34.4 Å². The number of hydrogen-bond donors (Lipinski definition) is 3. The number of carbonyl (C=O) groups is 1. The lowest BCUT2D eigenvalue weighted by molar-refractivity contribution is 0.103. The Bertz CT molecular complexity index is 638. The van der Waals surface area contributed by atoms with Crippen LogP contribution in [0.5, 0.6) is 0 Å². The summed E-state index contributed by atoms with van der Waals surface area (Å²) >= 11 is 1.25. The van der Waals surface area contributed by atoms with E-state index in [9.17, 15) is 4.79 Å². The van der Waals surface area contributed by atoms with Gasteiger partial charge in [0.05, 0.1) is 11.9 Å². The van der Waals surface area contributed by atoms with Crippen molar-refractivity contribution < 1.29 is 4.79 Å². The second kappa shape index (κ2) is 6.53. The van der Waals surface area contributed by atoms with Gasteiger partial charge in [-0.25, -0.2) is 4.98 Å². The molecule has 2 heterocycles. The van der Waals surface area contributed by atoms with E-state index in [0.29, 0.717) is 21.6 Å². The molecule has 0 aromatic carbocycles. The van der Waals surface area contributed by atoms with E-state index in [1.54, 1.807) is 12.4 Å². The number of thiazole rings is 1. The van der Waals surface area contributed by atoms with E-state index in [0.717, 1.165) is 12.1 Å². The highest BCUT2D eigenvalue weighted by Crippen LogP contribution is 2.26. The van der Waals surface area contributed by atoms with Gasteiger partial charge >= 0.3 is 0 Å². The summed E-state index contributed by atoms with van der Waals surface area (Å²) in [6.07, 6.45) is 3.32. The minimum atomic E-state index is -0.269. The summed E-state index contributed by atoms with van der Waals surface area (Å²) in [5, 5.41) is 6.61. The molecule has 0 fully saturated rings. The van der Waals surface area contributed by atoms with Gasteiger partial charge in [-0.15, -0.1) is 0 Å². The van der Waals surface area contributed by atoms with E-state index in [-0.39, 0.29) is 11.7 Å². The Morgan fingerprint density at radius 3 is 2.86 bits per heavy atom. The molecule has 112 valence electrons. The van der Waals surface area contributed by atoms with Gasteiger partial charge in [-0.3, -0.25) is 9.78 Å². The number of amides is 1. The normalized spacial score (nSPS) is 10.7. The zero-order valence-electron chi connectivity index (χ0n) is 12.3. The average molecular weight is 305 g/mol. The number of nitrogens with two attached hydrogens (primary N) is 1. The molecule has 1 amide bonds. The molecular weight excluding hydrogens is 286 g/mol. The van der Waals surface area contributed by atoms with Gasteiger partial charge in [0.1, 0.15) is 10.7 Å². The smallest absolute Gasteiger partial charge is 0.269 e. The number of aryl methyl sites for hydroxylation is 1. The number of nitrogen functional groups attached to an aromatic ring is 1. The standard InChI is InChI=1S/C14H19N5OS/c1-8(2)5-17-14-19-12(15)11(21-14)13(20)18-10-4-9(3)6-16-7-10/h4,6-8H,5,15H2,1-3H3,(H,17,19)(H,18,20). The fourth-order valence-corrected chi connectivity index (χ4v) is 2.46. The largest absolute Gasteiger partial charge is 0.382 e. The first-order valence-corrected chi connectivity index (χ1v) is 7.50. The van der Waals surface area contributed by atoms with Crippen molar-refractivity contribution in [3.8, 4) is 0 Å². The zero-order chi connectivity index (χ0) is 15.4. The molecule has 6 nitrogen and oxygen atoms in total. The van der Waals surface area contributed by atoms with Crippen LogP contribution in [0.1, 0.15) is 29.1 Å². The first-order chi connectivity index (χ1) is 9.95. The van der Waals surface area contributed by atoms with Gasteiger partial charge in [0.25, 0.3) is 5.91 Å². The van der Waals surface area contributed by atoms with Crippen LogP contribution in [-0.2, 0) is 0 Å². The van der Waals surface area contributed by atoms with Crippen LogP contribution in [0.4, 0.5) is 16.6 Å². The van der Waals surface area contributed by atoms with Gasteiger partial charge in [-0.05, 0) is 24.5 Å². The van der Waals surface area contributed by atoms with Crippen LogP contribution in [0, 0.1) is 12.8 Å². The predicted molar refractivity (Wildman–Crippen MR) is 86.8 cm³/mol. The van der Waals surface area contributed by atoms with Crippen molar-refractivity contribution in [3.63, 3.8) is 0 Å². The molecule has 0 aliphatic heterocycles. The van der Waals surface area contributed by atoms with Gasteiger partial charge in [-0.1, -0.05) is 25.2 Å². The fraction of sp³-hybridized carbons (Fsp3) is 0.357. The minimum absolute atomic E-state index is 0.240. The number of hydrogen-bond acceptors (Lipinski definition) is 6. The summed E-state index contributed by atoms with van der Waals surface area (Å²) in [6.45, 7) is 6.90. The van der Waals surface area contributed by atoms with Gasteiger partial charge in [0, 0.05) is 12.7 Å². The Hall–Kier alpha value is -2.15. The van der Waals surface area contributed by atoms with Crippen LogP contribution >= 0.6 is 11.3 Å². The molecule has 2 aromatic heterocycles. The molecule has 0 bridgehead atoms. The molecule has 0 aliphatic rings. The molecule has 0 aliphatic carbocycles. The predicted octanol–water partition coefficient (Wildman–Crippen LogP) is 2.75. The number of pyridine rings is 1. The summed E-state index contributed by atoms with van der Waals surface area (Å²) in [5.74, 6) is 0.463. The van der Waals surface area contributed by atoms with Gasteiger partial charge < -0.3 is 16.4 Å². The van der Waals surface area contributed by atoms with E-state index >= 15 is 0 Å². The maximum atomic E-state index is 12.2. The van der Waals surface area contributed by atoms with E-state index in [1.807, 2.05) is 13.0 Å². The number of nitrogens with zero attached hydrogens (tertiary/aromatic N) is 2. The Morgan fingerprint density at radius 1 is 1.43 bits per heavy atom. The van der Waals surface area contributed by atoms with Crippen molar-refractivity contribution in [2.45, 2.75) is 20.8 Å². The first kappa shape index (κ1) is 15.2. The minimum Gasteiger partial charge on any atom is -0.382 e. The zero-order valence-corrected chi connectivity index (χ0v) is 13.1. The third-order valence-electron chi connectivity index (χ3n) is 2.65. The monoisotopic (exact) mass is 305 g/mol. The lowest BCUT2D eigenvalue weighted by Gasteiger charge is -2.04. The summed E-state index contributed by atoms with van der Waals surface area (Å²) in [4.78, 5) is 20.8. The summed E-state index contributed by atoms with van der Waals surface area (Å²) in [7, 11) is 0. The van der Waals surface area contributed by atoms with E-state index in [4.69, 9.17) is 5.73 Å². The lowest BCUT2D eigenvalue weighted by Crippen LogP contribution is -2.12. The number of nitrogens with one attached hydrogen (secondary N) is 2. The molecule has 4 N–H and O–H groups in total. The van der Waals surface area contributed by atoms with Crippen LogP contribution in [0.15, 0.2) is 18.5 Å². The molecule has 21 heavy (non-hydrogen) atoms. The summed E-state index contributed by atoms with van der Waals surface area (Å²) in [5.41, 5.74) is 7.43. The Morgan fingerprint density at radius 2 is 2.19 bits per heavy atom. The molecule has 7 heteroatoms. The van der Waals surface area contributed by atoms with E-state index < -0.39 is 0 Å². The quantitative estimate of drug-likeness (QED) is 0.790. The van der Waals surface area contributed by atoms with Gasteiger partial charge in [0.2, 0.25) is 0 Å². The van der Waals surface area contributed by atoms with Crippen molar-refractivity contribution in [1.29, 1.82) is 0 Å². The molecular formula is C14H19N5OS. The Kier molecular flexibility index (Phi) is 4.74. The van der Waals surface area contributed by atoms with Crippen LogP contribution in [0.25, 0.3) is 0 Å². The number of carbonyl (C=O) groups excluding carboxylic acids is 1. The van der Waals surface area contributed by atoms with E-state index in [1.165, 1.54) is 11.3 Å². The topological polar surface area (TPSA) is 92.9 Å². The SMILES string of the molecule is Cc1cncc(NC(=O)c2sc(NCC(C)C)nc2N)c1. The van der Waals surface area contributed by atoms with Crippen LogP contribution in [0.3, 0.4) is 0 Å². The fourth-order valence-electron chi connectivity index (χ4n) is 1.67. The Labute approximate surface area is 127 Å². The summed E-state index contributed by atoms with van der Waals surface area (Å²) < 4.78 is 0. The highest BCUT2D eigenvalue weighted by Gasteiger charge is 2.16. The molecule has 0 saturated carbocycles. The molecule has 0 atom stereocenters. The van der Waals surface area contributed by atoms with Crippen LogP contribution in [-0.4, -0.2) is 22.4 Å². The van der Waals surface area contributed by atoms with Gasteiger partial charge in [0.15, 0.2) is 5.13 Å². The first-order valence-electron chi connectivity index (χ1n) is 6.69. The number of rotatable bonds is 5. The van der Waals surface area contributed by atoms with Crippen molar-refractivity contribution in [2.24, 2.45) is 5.92 Å².